The third kappa shape index (κ3) is 1.90. The van der Waals surface area contributed by atoms with Crippen molar-refractivity contribution < 1.29 is 9.52 Å². The van der Waals surface area contributed by atoms with Gasteiger partial charge in [0.1, 0.15) is 11.7 Å². The zero-order chi connectivity index (χ0) is 12.5. The van der Waals surface area contributed by atoms with Gasteiger partial charge in [0, 0.05) is 16.0 Å². The minimum absolute atomic E-state index is 0.656. The number of furan rings is 1. The largest absolute Gasteiger partial charge is 0.464 e. The molecule has 3 heteroatoms. The fourth-order valence-electron chi connectivity index (χ4n) is 2.03. The molecule has 0 radical (unpaired) electrons. The Labute approximate surface area is 109 Å². The van der Waals surface area contributed by atoms with Crippen LogP contribution in [0.15, 0.2) is 59.2 Å². The Balaban J connectivity index is 2.06. The molecule has 18 heavy (non-hydrogen) atoms. The van der Waals surface area contributed by atoms with E-state index in [1.807, 2.05) is 36.4 Å². The van der Waals surface area contributed by atoms with Crippen molar-refractivity contribution in [3.8, 4) is 0 Å². The summed E-state index contributed by atoms with van der Waals surface area (Å²) in [6, 6.07) is 14.8. The molecule has 0 bridgehead atoms. The van der Waals surface area contributed by atoms with Gasteiger partial charge in [0.15, 0.2) is 0 Å². The van der Waals surface area contributed by atoms with Crippen molar-refractivity contribution in [1.29, 1.82) is 0 Å². The first kappa shape index (κ1) is 11.3. The first-order valence-corrected chi connectivity index (χ1v) is 6.03. The van der Waals surface area contributed by atoms with Crippen LogP contribution < -0.4 is 0 Å². The number of hydrogen-bond donors (Lipinski definition) is 1. The number of fused-ring (bicyclic) bond motifs is 1. The highest BCUT2D eigenvalue weighted by atomic mass is 35.5. The molecule has 0 fully saturated rings. The second-order valence-corrected chi connectivity index (χ2v) is 4.58. The number of rotatable bonds is 2. The lowest BCUT2D eigenvalue weighted by molar-refractivity contribution is 0.220. The fourth-order valence-corrected chi connectivity index (χ4v) is 2.16. The van der Waals surface area contributed by atoms with E-state index in [-0.39, 0.29) is 0 Å². The molecule has 3 aromatic rings. The average molecular weight is 259 g/mol. The molecule has 1 N–H and O–H groups in total. The van der Waals surface area contributed by atoms with E-state index in [9.17, 15) is 5.11 Å². The summed E-state index contributed by atoms with van der Waals surface area (Å²) >= 11 is 5.84. The summed E-state index contributed by atoms with van der Waals surface area (Å²) in [6.45, 7) is 0. The summed E-state index contributed by atoms with van der Waals surface area (Å²) in [5.74, 6) is 0. The normalized spacial score (nSPS) is 12.8. The van der Waals surface area contributed by atoms with E-state index in [0.29, 0.717) is 5.02 Å². The summed E-state index contributed by atoms with van der Waals surface area (Å²) in [5.41, 5.74) is 2.35. The molecule has 1 aromatic heterocycles. The molecule has 1 heterocycles. The van der Waals surface area contributed by atoms with Crippen LogP contribution >= 0.6 is 11.6 Å². The lowest BCUT2D eigenvalue weighted by Gasteiger charge is -2.09. The highest BCUT2D eigenvalue weighted by molar-refractivity contribution is 6.30. The van der Waals surface area contributed by atoms with Crippen LogP contribution in [-0.2, 0) is 0 Å². The summed E-state index contributed by atoms with van der Waals surface area (Å²) in [6.07, 6.45) is 0.898. The second kappa shape index (κ2) is 4.48. The number of aliphatic hydroxyl groups is 1. The monoisotopic (exact) mass is 258 g/mol. The quantitative estimate of drug-likeness (QED) is 0.748. The van der Waals surface area contributed by atoms with Crippen LogP contribution in [0.1, 0.15) is 17.2 Å². The molecular formula is C15H11ClO2. The standard InChI is InChI=1S/C15H11ClO2/c16-11-7-5-10(6-8-11)15(17)13-9-18-14-4-2-1-3-12(13)14/h1-9,15,17H. The topological polar surface area (TPSA) is 33.4 Å². The fraction of sp³-hybridized carbons (Fsp3) is 0.0667. The molecule has 0 aliphatic carbocycles. The van der Waals surface area contributed by atoms with Crippen LogP contribution in [0.4, 0.5) is 0 Å². The Kier molecular flexibility index (Phi) is 2.82. The maximum absolute atomic E-state index is 10.4. The van der Waals surface area contributed by atoms with E-state index in [0.717, 1.165) is 22.1 Å². The van der Waals surface area contributed by atoms with E-state index in [4.69, 9.17) is 16.0 Å². The highest BCUT2D eigenvalue weighted by Gasteiger charge is 2.15. The van der Waals surface area contributed by atoms with E-state index < -0.39 is 6.10 Å². The van der Waals surface area contributed by atoms with Gasteiger partial charge >= 0.3 is 0 Å². The van der Waals surface area contributed by atoms with Gasteiger partial charge < -0.3 is 9.52 Å². The number of benzene rings is 2. The van der Waals surface area contributed by atoms with E-state index >= 15 is 0 Å². The van der Waals surface area contributed by atoms with E-state index in [1.165, 1.54) is 0 Å². The summed E-state index contributed by atoms with van der Waals surface area (Å²) in [5, 5.41) is 12.0. The summed E-state index contributed by atoms with van der Waals surface area (Å²) in [7, 11) is 0. The molecule has 3 rings (SSSR count). The van der Waals surface area contributed by atoms with Gasteiger partial charge in [0.25, 0.3) is 0 Å². The number of para-hydroxylation sites is 1. The molecule has 0 saturated carbocycles. The second-order valence-electron chi connectivity index (χ2n) is 4.14. The van der Waals surface area contributed by atoms with Gasteiger partial charge in [-0.05, 0) is 23.8 Å². The Morgan fingerprint density at radius 3 is 2.50 bits per heavy atom. The molecule has 1 atom stereocenters. The van der Waals surface area contributed by atoms with Crippen molar-refractivity contribution in [2.24, 2.45) is 0 Å². The van der Waals surface area contributed by atoms with Crippen molar-refractivity contribution in [3.63, 3.8) is 0 Å². The van der Waals surface area contributed by atoms with E-state index in [2.05, 4.69) is 0 Å². The molecule has 2 nitrogen and oxygen atoms in total. The molecule has 0 aliphatic rings. The van der Waals surface area contributed by atoms with Crippen LogP contribution in [0.3, 0.4) is 0 Å². The van der Waals surface area contributed by atoms with Gasteiger partial charge in [-0.2, -0.15) is 0 Å². The zero-order valence-electron chi connectivity index (χ0n) is 9.51. The Morgan fingerprint density at radius 2 is 1.72 bits per heavy atom. The maximum atomic E-state index is 10.4. The van der Waals surface area contributed by atoms with Crippen molar-refractivity contribution in [2.75, 3.05) is 0 Å². The first-order valence-electron chi connectivity index (χ1n) is 5.65. The Morgan fingerprint density at radius 1 is 1.00 bits per heavy atom. The molecule has 0 aliphatic heterocycles. The Bertz CT molecular complexity index is 670. The molecule has 0 spiro atoms. The molecule has 2 aromatic carbocycles. The van der Waals surface area contributed by atoms with E-state index in [1.54, 1.807) is 18.4 Å². The zero-order valence-corrected chi connectivity index (χ0v) is 10.3. The number of hydrogen-bond acceptors (Lipinski definition) is 2. The van der Waals surface area contributed by atoms with Gasteiger partial charge in [-0.25, -0.2) is 0 Å². The Hall–Kier alpha value is -1.77. The van der Waals surface area contributed by atoms with Crippen LogP contribution in [0.2, 0.25) is 5.02 Å². The van der Waals surface area contributed by atoms with Crippen molar-refractivity contribution in [3.05, 3.63) is 70.9 Å². The smallest absolute Gasteiger partial charge is 0.134 e. The lowest BCUT2D eigenvalue weighted by atomic mass is 10.0. The predicted octanol–water partition coefficient (Wildman–Crippen LogP) is 4.17. The van der Waals surface area contributed by atoms with Gasteiger partial charge in [0.2, 0.25) is 0 Å². The van der Waals surface area contributed by atoms with Crippen molar-refractivity contribution >= 4 is 22.6 Å². The molecule has 90 valence electrons. The minimum atomic E-state index is -0.703. The molecule has 0 saturated heterocycles. The lowest BCUT2D eigenvalue weighted by Crippen LogP contribution is -1.98. The van der Waals surface area contributed by atoms with Crippen LogP contribution in [0, 0.1) is 0 Å². The van der Waals surface area contributed by atoms with Crippen LogP contribution in [-0.4, -0.2) is 5.11 Å². The van der Waals surface area contributed by atoms with Crippen molar-refractivity contribution in [2.45, 2.75) is 6.10 Å². The van der Waals surface area contributed by atoms with Gasteiger partial charge in [-0.1, -0.05) is 41.9 Å². The predicted molar refractivity (Wildman–Crippen MR) is 71.7 cm³/mol. The van der Waals surface area contributed by atoms with Gasteiger partial charge in [-0.3, -0.25) is 0 Å². The molecule has 0 amide bonds. The SMILES string of the molecule is OC(c1ccc(Cl)cc1)c1coc2ccccc12. The third-order valence-corrected chi connectivity index (χ3v) is 3.24. The molecule has 1 unspecified atom stereocenters. The summed E-state index contributed by atoms with van der Waals surface area (Å²) in [4.78, 5) is 0. The van der Waals surface area contributed by atoms with Gasteiger partial charge in [-0.15, -0.1) is 0 Å². The van der Waals surface area contributed by atoms with Crippen LogP contribution in [0.5, 0.6) is 0 Å². The third-order valence-electron chi connectivity index (χ3n) is 2.99. The van der Waals surface area contributed by atoms with Gasteiger partial charge in [0.05, 0.1) is 6.26 Å². The number of halogens is 1. The minimum Gasteiger partial charge on any atom is -0.464 e. The maximum Gasteiger partial charge on any atom is 0.134 e. The average Bonchev–Trinajstić information content (AvgIpc) is 2.82. The van der Waals surface area contributed by atoms with Crippen LogP contribution in [0.25, 0.3) is 11.0 Å². The summed E-state index contributed by atoms with van der Waals surface area (Å²) < 4.78 is 5.43. The first-order chi connectivity index (χ1) is 8.75. The van der Waals surface area contributed by atoms with Crippen molar-refractivity contribution in [1.82, 2.24) is 0 Å². The molecular weight excluding hydrogens is 248 g/mol. The number of aliphatic hydroxyl groups excluding tert-OH is 1. The highest BCUT2D eigenvalue weighted by Crippen LogP contribution is 2.30.